The highest BCUT2D eigenvalue weighted by atomic mass is 16.7. The number of hydrogen-bond donors (Lipinski definition) is 0. The first-order valence-corrected chi connectivity index (χ1v) is 3.22. The van der Waals surface area contributed by atoms with Crippen molar-refractivity contribution in [1.82, 2.24) is 0 Å². The van der Waals surface area contributed by atoms with Gasteiger partial charge in [0.1, 0.15) is 0 Å². The predicted octanol–water partition coefficient (Wildman–Crippen LogP) is 1.98. The smallest absolute Gasteiger partial charge is 0.231 e. The van der Waals surface area contributed by atoms with Crippen molar-refractivity contribution < 1.29 is 9.47 Å². The molecule has 2 rings (SSSR count). The van der Waals surface area contributed by atoms with Crippen LogP contribution in [0.15, 0.2) is 18.2 Å². The summed E-state index contributed by atoms with van der Waals surface area (Å²) < 4.78 is 10.3. The Bertz CT molecular complexity index is 261. The van der Waals surface area contributed by atoms with Gasteiger partial charge in [0.2, 0.25) is 6.79 Å². The van der Waals surface area contributed by atoms with Gasteiger partial charge in [0.05, 0.1) is 0 Å². The Labute approximate surface area is 75.1 Å². The standard InChI is InChI=1S/C8H8O2.CH4.B/c1-6-2-3-7-8(4-6)10-5-9-7;;/h2-4H,5H2,1H3;1H4;. The summed E-state index contributed by atoms with van der Waals surface area (Å²) in [4.78, 5) is 0. The van der Waals surface area contributed by atoms with Crippen LogP contribution in [0.3, 0.4) is 0 Å². The van der Waals surface area contributed by atoms with Crippen LogP contribution in [0, 0.1) is 6.92 Å². The molecule has 0 unspecified atom stereocenters. The molecule has 0 N–H and O–H groups in total. The Hall–Kier alpha value is -1.12. The van der Waals surface area contributed by atoms with Gasteiger partial charge in [-0.3, -0.25) is 0 Å². The fourth-order valence-corrected chi connectivity index (χ4v) is 1.00. The van der Waals surface area contributed by atoms with Gasteiger partial charge in [0, 0.05) is 8.41 Å². The van der Waals surface area contributed by atoms with Crippen molar-refractivity contribution in [2.24, 2.45) is 0 Å². The summed E-state index contributed by atoms with van der Waals surface area (Å²) in [5.41, 5.74) is 1.20. The molecule has 1 aliphatic heterocycles. The minimum Gasteiger partial charge on any atom is -0.454 e. The topological polar surface area (TPSA) is 18.5 Å². The first-order chi connectivity index (χ1) is 4.86. The molecule has 3 heteroatoms. The first kappa shape index (κ1) is 10.9. The van der Waals surface area contributed by atoms with Gasteiger partial charge < -0.3 is 9.47 Å². The van der Waals surface area contributed by atoms with E-state index < -0.39 is 0 Å². The first-order valence-electron chi connectivity index (χ1n) is 3.22. The van der Waals surface area contributed by atoms with Gasteiger partial charge >= 0.3 is 0 Å². The number of fused-ring (bicyclic) bond motifs is 1. The van der Waals surface area contributed by atoms with Crippen molar-refractivity contribution in [3.8, 4) is 11.5 Å². The quantitative estimate of drug-likeness (QED) is 0.544. The average Bonchev–Trinajstić information content (AvgIpc) is 2.33. The molecule has 0 saturated carbocycles. The van der Waals surface area contributed by atoms with E-state index in [1.807, 2.05) is 25.1 Å². The Morgan fingerprint density at radius 1 is 1.17 bits per heavy atom. The van der Waals surface area contributed by atoms with E-state index >= 15 is 0 Å². The van der Waals surface area contributed by atoms with E-state index in [0.717, 1.165) is 11.5 Å². The number of rotatable bonds is 0. The summed E-state index contributed by atoms with van der Waals surface area (Å²) in [5.74, 6) is 1.71. The molecule has 0 aliphatic carbocycles. The highest BCUT2D eigenvalue weighted by molar-refractivity contribution is 5.75. The summed E-state index contributed by atoms with van der Waals surface area (Å²) in [5, 5.41) is 0. The molecule has 0 saturated heterocycles. The zero-order chi connectivity index (χ0) is 6.97. The number of aryl methyl sites for hydroxylation is 1. The predicted molar refractivity (Wildman–Crippen MR) is 49.8 cm³/mol. The zero-order valence-corrected chi connectivity index (χ0v) is 6.33. The van der Waals surface area contributed by atoms with Crippen molar-refractivity contribution >= 4 is 8.41 Å². The lowest BCUT2D eigenvalue weighted by atomic mass is 10.2. The van der Waals surface area contributed by atoms with Crippen molar-refractivity contribution in [2.45, 2.75) is 14.4 Å². The summed E-state index contributed by atoms with van der Waals surface area (Å²) >= 11 is 0. The van der Waals surface area contributed by atoms with Gasteiger partial charge in [-0.15, -0.1) is 0 Å². The van der Waals surface area contributed by atoms with E-state index in [-0.39, 0.29) is 15.8 Å². The van der Waals surface area contributed by atoms with E-state index in [2.05, 4.69) is 0 Å². The SMILES string of the molecule is C.Cc1ccc2c(c1)OCO2.[B]. The van der Waals surface area contributed by atoms with E-state index in [1.54, 1.807) is 0 Å². The molecule has 12 heavy (non-hydrogen) atoms. The second-order valence-corrected chi connectivity index (χ2v) is 2.36. The Balaban J connectivity index is 0.000000605. The van der Waals surface area contributed by atoms with Crippen LogP contribution < -0.4 is 9.47 Å². The molecule has 2 nitrogen and oxygen atoms in total. The van der Waals surface area contributed by atoms with Gasteiger partial charge in [-0.1, -0.05) is 13.5 Å². The molecule has 0 aromatic heterocycles. The Kier molecular flexibility index (Phi) is 3.67. The van der Waals surface area contributed by atoms with Gasteiger partial charge in [-0.05, 0) is 24.6 Å². The molecule has 1 heterocycles. The van der Waals surface area contributed by atoms with Crippen molar-refractivity contribution in [3.63, 3.8) is 0 Å². The monoisotopic (exact) mass is 163 g/mol. The number of hydrogen-bond acceptors (Lipinski definition) is 2. The van der Waals surface area contributed by atoms with Crippen LogP contribution in [0.25, 0.3) is 0 Å². The summed E-state index contributed by atoms with van der Waals surface area (Å²) in [6.07, 6.45) is 0. The van der Waals surface area contributed by atoms with Crippen LogP contribution in [0.1, 0.15) is 13.0 Å². The maximum Gasteiger partial charge on any atom is 0.231 e. The minimum absolute atomic E-state index is 0. The maximum absolute atomic E-state index is 5.16. The van der Waals surface area contributed by atoms with E-state index in [0.29, 0.717) is 6.79 Å². The number of benzene rings is 1. The summed E-state index contributed by atoms with van der Waals surface area (Å²) in [7, 11) is 0. The molecule has 1 aliphatic rings. The molecule has 0 fully saturated rings. The lowest BCUT2D eigenvalue weighted by Crippen LogP contribution is -1.92. The van der Waals surface area contributed by atoms with Crippen molar-refractivity contribution in [3.05, 3.63) is 23.8 Å². The summed E-state index contributed by atoms with van der Waals surface area (Å²) in [6.45, 7) is 2.39. The van der Waals surface area contributed by atoms with Crippen LogP contribution in [-0.2, 0) is 0 Å². The zero-order valence-electron chi connectivity index (χ0n) is 6.33. The van der Waals surface area contributed by atoms with Crippen LogP contribution in [-0.4, -0.2) is 15.2 Å². The molecule has 0 amide bonds. The normalized spacial score (nSPS) is 11.4. The fourth-order valence-electron chi connectivity index (χ4n) is 1.00. The molecular weight excluding hydrogens is 151 g/mol. The Morgan fingerprint density at radius 3 is 2.58 bits per heavy atom. The maximum atomic E-state index is 5.16. The van der Waals surface area contributed by atoms with Crippen LogP contribution >= 0.6 is 0 Å². The molecule has 3 radical (unpaired) electrons. The Morgan fingerprint density at radius 2 is 1.83 bits per heavy atom. The third-order valence-corrected chi connectivity index (χ3v) is 1.53. The largest absolute Gasteiger partial charge is 0.454 e. The highest BCUT2D eigenvalue weighted by Gasteiger charge is 2.11. The lowest BCUT2D eigenvalue weighted by molar-refractivity contribution is 0.174. The summed E-state index contributed by atoms with van der Waals surface area (Å²) in [6, 6.07) is 5.91. The molecule has 1 aromatic carbocycles. The lowest BCUT2D eigenvalue weighted by Gasteiger charge is -1.94. The van der Waals surface area contributed by atoms with E-state index in [4.69, 9.17) is 9.47 Å². The molecule has 1 aromatic rings. The average molecular weight is 163 g/mol. The third-order valence-electron chi connectivity index (χ3n) is 1.53. The van der Waals surface area contributed by atoms with Gasteiger partial charge in [-0.25, -0.2) is 0 Å². The van der Waals surface area contributed by atoms with Crippen molar-refractivity contribution in [1.29, 1.82) is 0 Å². The van der Waals surface area contributed by atoms with Crippen LogP contribution in [0.5, 0.6) is 11.5 Å². The van der Waals surface area contributed by atoms with Gasteiger partial charge in [0.15, 0.2) is 11.5 Å². The van der Waals surface area contributed by atoms with Crippen LogP contribution in [0.2, 0.25) is 0 Å². The fraction of sp³-hybridized carbons (Fsp3) is 0.333. The van der Waals surface area contributed by atoms with E-state index in [9.17, 15) is 0 Å². The number of ether oxygens (including phenoxy) is 2. The molecule has 63 valence electrons. The van der Waals surface area contributed by atoms with E-state index in [1.165, 1.54) is 5.56 Å². The molecular formula is C9H12BO2. The van der Waals surface area contributed by atoms with Gasteiger partial charge in [-0.2, -0.15) is 0 Å². The van der Waals surface area contributed by atoms with Crippen LogP contribution in [0.4, 0.5) is 0 Å². The third kappa shape index (κ3) is 1.73. The molecule has 0 spiro atoms. The second kappa shape index (κ2) is 4.05. The second-order valence-electron chi connectivity index (χ2n) is 2.36. The minimum atomic E-state index is 0. The molecule has 0 atom stereocenters. The highest BCUT2D eigenvalue weighted by Crippen LogP contribution is 2.31. The van der Waals surface area contributed by atoms with Gasteiger partial charge in [0.25, 0.3) is 0 Å². The van der Waals surface area contributed by atoms with Crippen molar-refractivity contribution in [2.75, 3.05) is 6.79 Å². The molecule has 0 bridgehead atoms.